The van der Waals surface area contributed by atoms with E-state index in [2.05, 4.69) is 30.3 Å². The van der Waals surface area contributed by atoms with Crippen molar-refractivity contribution < 1.29 is 9.90 Å². The zero-order valence-electron chi connectivity index (χ0n) is 14.3. The second-order valence-corrected chi connectivity index (χ2v) is 7.27. The van der Waals surface area contributed by atoms with E-state index in [9.17, 15) is 15.2 Å². The van der Waals surface area contributed by atoms with Crippen molar-refractivity contribution in [2.45, 2.75) is 32.1 Å². The van der Waals surface area contributed by atoms with Crippen LogP contribution < -0.4 is 0 Å². The van der Waals surface area contributed by atoms with Crippen LogP contribution in [0.4, 0.5) is 0 Å². The third-order valence-electron chi connectivity index (χ3n) is 5.38. The Hall–Kier alpha value is -2.60. The van der Waals surface area contributed by atoms with Gasteiger partial charge in [-0.15, -0.1) is 0 Å². The van der Waals surface area contributed by atoms with Crippen LogP contribution in [0, 0.1) is 28.6 Å². The summed E-state index contributed by atoms with van der Waals surface area (Å²) in [5, 5.41) is 19.0. The Morgan fingerprint density at radius 3 is 1.76 bits per heavy atom. The highest BCUT2D eigenvalue weighted by molar-refractivity contribution is 5.68. The molecule has 3 nitrogen and oxygen atoms in total. The number of hydrogen-bond donors (Lipinski definition) is 1. The second-order valence-electron chi connectivity index (χ2n) is 7.27. The number of hydrogen-bond acceptors (Lipinski definition) is 2. The van der Waals surface area contributed by atoms with Crippen LogP contribution in [0.2, 0.25) is 0 Å². The predicted octanol–water partition coefficient (Wildman–Crippen LogP) is 4.48. The number of rotatable bonds is 6. The molecule has 25 heavy (non-hydrogen) atoms. The van der Waals surface area contributed by atoms with Crippen molar-refractivity contribution in [2.24, 2.45) is 17.3 Å². The Morgan fingerprint density at radius 2 is 1.40 bits per heavy atom. The van der Waals surface area contributed by atoms with Crippen molar-refractivity contribution in [3.63, 3.8) is 0 Å². The summed E-state index contributed by atoms with van der Waals surface area (Å²) >= 11 is 0. The maximum atomic E-state index is 11.3. The normalized spacial score (nSPS) is 21.6. The summed E-state index contributed by atoms with van der Waals surface area (Å²) in [6.45, 7) is 0. The molecular formula is C22H23NO2. The van der Waals surface area contributed by atoms with Gasteiger partial charge in [-0.05, 0) is 48.6 Å². The maximum Gasteiger partial charge on any atom is 0.304 e. The van der Waals surface area contributed by atoms with Crippen LogP contribution >= 0.6 is 0 Å². The van der Waals surface area contributed by atoms with E-state index in [1.54, 1.807) is 0 Å². The van der Waals surface area contributed by atoms with Crippen LogP contribution in [0.3, 0.4) is 0 Å². The Kier molecular flexibility index (Phi) is 5.19. The minimum Gasteiger partial charge on any atom is -0.481 e. The molecule has 2 aromatic carbocycles. The van der Waals surface area contributed by atoms with Gasteiger partial charge in [-0.3, -0.25) is 4.79 Å². The van der Waals surface area contributed by atoms with Gasteiger partial charge in [0.05, 0.1) is 17.9 Å². The largest absolute Gasteiger partial charge is 0.481 e. The van der Waals surface area contributed by atoms with Crippen LogP contribution in [-0.4, -0.2) is 11.1 Å². The Balaban J connectivity index is 1.83. The zero-order valence-corrected chi connectivity index (χ0v) is 14.3. The van der Waals surface area contributed by atoms with Crippen LogP contribution in [0.15, 0.2) is 60.7 Å². The Labute approximate surface area is 148 Å². The number of nitrogens with zero attached hydrogens (tertiary/aromatic N) is 1. The van der Waals surface area contributed by atoms with Gasteiger partial charge in [-0.2, -0.15) is 5.26 Å². The molecule has 0 radical (unpaired) electrons. The number of carboxylic acid groups (broad SMARTS) is 1. The minimum atomic E-state index is -0.875. The number of benzene rings is 2. The van der Waals surface area contributed by atoms with Crippen LogP contribution in [-0.2, 0) is 17.6 Å². The lowest BCUT2D eigenvalue weighted by molar-refractivity contribution is -0.138. The molecule has 0 bridgehead atoms. The van der Waals surface area contributed by atoms with Gasteiger partial charge in [0.2, 0.25) is 0 Å². The van der Waals surface area contributed by atoms with Crippen molar-refractivity contribution in [2.75, 3.05) is 0 Å². The van der Waals surface area contributed by atoms with Gasteiger partial charge in [0.1, 0.15) is 0 Å². The molecule has 1 N–H and O–H groups in total. The van der Waals surface area contributed by atoms with Crippen molar-refractivity contribution in [1.29, 1.82) is 5.26 Å². The molecule has 0 unspecified atom stereocenters. The smallest absolute Gasteiger partial charge is 0.304 e. The lowest BCUT2D eigenvalue weighted by Crippen LogP contribution is -2.19. The molecule has 0 aliphatic heterocycles. The standard InChI is InChI=1S/C22H23NO2/c23-16-22(15-21(24)25)13-19(11-17-7-3-1-4-8-17)20(14-22)12-18-9-5-2-6-10-18/h1-10,19-20H,11-15H2,(H,24,25)/t19-,20-/m1/s1. The molecule has 0 amide bonds. The highest BCUT2D eigenvalue weighted by atomic mass is 16.4. The molecule has 0 heterocycles. The third kappa shape index (κ3) is 4.28. The van der Waals surface area contributed by atoms with Gasteiger partial charge in [0.15, 0.2) is 0 Å². The predicted molar refractivity (Wildman–Crippen MR) is 96.8 cm³/mol. The second kappa shape index (κ2) is 7.53. The lowest BCUT2D eigenvalue weighted by atomic mass is 9.82. The maximum absolute atomic E-state index is 11.3. The van der Waals surface area contributed by atoms with E-state index in [0.717, 1.165) is 12.8 Å². The van der Waals surface area contributed by atoms with E-state index in [1.165, 1.54) is 11.1 Å². The fourth-order valence-electron chi connectivity index (χ4n) is 4.30. The minimum absolute atomic E-state index is 0.0555. The van der Waals surface area contributed by atoms with Gasteiger partial charge < -0.3 is 5.11 Å². The van der Waals surface area contributed by atoms with E-state index in [0.29, 0.717) is 24.7 Å². The number of aliphatic carboxylic acids is 1. The topological polar surface area (TPSA) is 61.1 Å². The summed E-state index contributed by atoms with van der Waals surface area (Å²) < 4.78 is 0. The van der Waals surface area contributed by atoms with E-state index in [-0.39, 0.29) is 6.42 Å². The molecule has 0 spiro atoms. The molecule has 2 atom stereocenters. The van der Waals surface area contributed by atoms with E-state index in [1.807, 2.05) is 36.4 Å². The van der Waals surface area contributed by atoms with E-state index in [4.69, 9.17) is 0 Å². The first kappa shape index (κ1) is 17.2. The summed E-state index contributed by atoms with van der Waals surface area (Å²) in [5.74, 6) is -0.205. The van der Waals surface area contributed by atoms with Crippen molar-refractivity contribution >= 4 is 5.97 Å². The monoisotopic (exact) mass is 333 g/mol. The molecule has 3 rings (SSSR count). The molecule has 1 fully saturated rings. The molecular weight excluding hydrogens is 310 g/mol. The summed E-state index contributed by atoms with van der Waals surface area (Å²) in [7, 11) is 0. The van der Waals surface area contributed by atoms with Crippen molar-refractivity contribution in [1.82, 2.24) is 0 Å². The molecule has 0 saturated heterocycles. The fraction of sp³-hybridized carbons (Fsp3) is 0.364. The Bertz CT molecular complexity index is 699. The quantitative estimate of drug-likeness (QED) is 0.847. The van der Waals surface area contributed by atoms with Crippen LogP contribution in [0.1, 0.15) is 30.4 Å². The van der Waals surface area contributed by atoms with Gasteiger partial charge in [-0.1, -0.05) is 60.7 Å². The first-order valence-electron chi connectivity index (χ1n) is 8.81. The summed E-state index contributed by atoms with van der Waals surface area (Å²) in [5.41, 5.74) is 1.79. The number of carbonyl (C=O) groups is 1. The SMILES string of the molecule is N#CC1(CC(=O)O)C[C@@H](Cc2ccccc2)[C@H](Cc2ccccc2)C1. The summed E-state index contributed by atoms with van der Waals surface area (Å²) in [6.07, 6.45) is 3.09. The van der Waals surface area contributed by atoms with E-state index >= 15 is 0 Å². The zero-order chi connectivity index (χ0) is 17.7. The average Bonchev–Trinajstić information content (AvgIpc) is 2.93. The van der Waals surface area contributed by atoms with Crippen LogP contribution in [0.25, 0.3) is 0 Å². The number of carboxylic acids is 1. The Morgan fingerprint density at radius 1 is 0.960 bits per heavy atom. The van der Waals surface area contributed by atoms with Crippen LogP contribution in [0.5, 0.6) is 0 Å². The molecule has 128 valence electrons. The molecule has 1 aliphatic carbocycles. The van der Waals surface area contributed by atoms with Crippen molar-refractivity contribution in [3.8, 4) is 6.07 Å². The first-order chi connectivity index (χ1) is 12.1. The first-order valence-corrected chi connectivity index (χ1v) is 8.81. The molecule has 2 aromatic rings. The average molecular weight is 333 g/mol. The third-order valence-corrected chi connectivity index (χ3v) is 5.38. The fourth-order valence-corrected chi connectivity index (χ4v) is 4.30. The highest BCUT2D eigenvalue weighted by Crippen LogP contribution is 2.49. The van der Waals surface area contributed by atoms with Crippen molar-refractivity contribution in [3.05, 3.63) is 71.8 Å². The van der Waals surface area contributed by atoms with E-state index < -0.39 is 11.4 Å². The molecule has 0 aromatic heterocycles. The van der Waals surface area contributed by atoms with Gasteiger partial charge in [0.25, 0.3) is 0 Å². The molecule has 1 saturated carbocycles. The lowest BCUT2D eigenvalue weighted by Gasteiger charge is -2.19. The summed E-state index contributed by atoms with van der Waals surface area (Å²) in [4.78, 5) is 11.3. The van der Waals surface area contributed by atoms with Gasteiger partial charge in [0, 0.05) is 0 Å². The van der Waals surface area contributed by atoms with Gasteiger partial charge >= 0.3 is 5.97 Å². The molecule has 1 aliphatic rings. The van der Waals surface area contributed by atoms with Gasteiger partial charge in [-0.25, -0.2) is 0 Å². The summed E-state index contributed by atoms with van der Waals surface area (Å²) in [6, 6.07) is 23.0. The highest BCUT2D eigenvalue weighted by Gasteiger charge is 2.46. The molecule has 3 heteroatoms. The number of nitriles is 1.